The Kier molecular flexibility index (Phi) is 1.77. The summed E-state index contributed by atoms with van der Waals surface area (Å²) in [6, 6.07) is 9.97. The first-order valence-corrected chi connectivity index (χ1v) is 4.21. The molecular weight excluding hydrogens is 144 g/mol. The van der Waals surface area contributed by atoms with Crippen molar-refractivity contribution in [2.45, 2.75) is 12.3 Å². The van der Waals surface area contributed by atoms with Crippen LogP contribution in [0.1, 0.15) is 19.2 Å². The Morgan fingerprint density at radius 1 is 1.17 bits per heavy atom. The number of rotatable bonds is 1. The lowest BCUT2D eigenvalue weighted by Gasteiger charge is -2.12. The molecule has 0 nitrogen and oxygen atoms in total. The third-order valence-corrected chi connectivity index (χ3v) is 2.03. The highest BCUT2D eigenvalue weighted by molar-refractivity contribution is 5.28. The van der Waals surface area contributed by atoms with Gasteiger partial charge in [0, 0.05) is 7.26 Å². The molecule has 0 heterocycles. The SMILES string of the molecule is [2H]C1(c2ccccc2)C=CC=CC1. The highest BCUT2D eigenvalue weighted by Gasteiger charge is 2.06. The van der Waals surface area contributed by atoms with Crippen LogP contribution in [0.25, 0.3) is 0 Å². The van der Waals surface area contributed by atoms with Gasteiger partial charge in [-0.1, -0.05) is 54.6 Å². The van der Waals surface area contributed by atoms with Crippen molar-refractivity contribution < 1.29 is 1.37 Å². The molecule has 0 saturated heterocycles. The standard InChI is InChI=1S/C12H12/c1-3-7-11(8-4-1)12-9-5-2-6-10-12/h1-9,12H,10H2/i12D. The van der Waals surface area contributed by atoms with E-state index < -0.39 is 5.89 Å². The van der Waals surface area contributed by atoms with Gasteiger partial charge in [0.25, 0.3) is 0 Å². The van der Waals surface area contributed by atoms with Crippen LogP contribution in [0.5, 0.6) is 0 Å². The highest BCUT2D eigenvalue weighted by Crippen LogP contribution is 2.23. The van der Waals surface area contributed by atoms with Crippen LogP contribution in [-0.2, 0) is 0 Å². The Bertz CT molecular complexity index is 337. The molecule has 0 amide bonds. The molecule has 1 unspecified atom stereocenters. The Morgan fingerprint density at radius 2 is 2.00 bits per heavy atom. The molecule has 60 valence electrons. The lowest BCUT2D eigenvalue weighted by atomic mass is 9.93. The smallest absolute Gasteiger partial charge is 0.0399 e. The minimum absolute atomic E-state index is 0.546. The van der Waals surface area contributed by atoms with Crippen LogP contribution in [0.4, 0.5) is 0 Å². The van der Waals surface area contributed by atoms with Gasteiger partial charge in [0.1, 0.15) is 0 Å². The van der Waals surface area contributed by atoms with E-state index in [4.69, 9.17) is 1.37 Å². The monoisotopic (exact) mass is 157 g/mol. The molecule has 2 rings (SSSR count). The predicted molar refractivity (Wildman–Crippen MR) is 52.1 cm³/mol. The zero-order valence-electron chi connectivity index (χ0n) is 7.90. The van der Waals surface area contributed by atoms with Crippen molar-refractivity contribution in [2.24, 2.45) is 0 Å². The zero-order valence-corrected chi connectivity index (χ0v) is 6.90. The van der Waals surface area contributed by atoms with E-state index in [1.165, 1.54) is 0 Å². The largest absolute Gasteiger partial charge is 0.0836 e. The molecule has 1 aliphatic carbocycles. The maximum atomic E-state index is 8.22. The van der Waals surface area contributed by atoms with Crippen LogP contribution in [0.2, 0.25) is 0 Å². The highest BCUT2D eigenvalue weighted by atomic mass is 14.1. The minimum atomic E-state index is -0.546. The quantitative estimate of drug-likeness (QED) is 0.586. The van der Waals surface area contributed by atoms with Crippen molar-refractivity contribution in [2.75, 3.05) is 0 Å². The lowest BCUT2D eigenvalue weighted by Crippen LogP contribution is -1.94. The summed E-state index contributed by atoms with van der Waals surface area (Å²) in [7, 11) is 0. The van der Waals surface area contributed by atoms with E-state index in [1.807, 2.05) is 54.6 Å². The van der Waals surface area contributed by atoms with E-state index in [9.17, 15) is 0 Å². The summed E-state index contributed by atoms with van der Waals surface area (Å²) in [4.78, 5) is 0. The number of hydrogen-bond donors (Lipinski definition) is 0. The zero-order chi connectivity index (χ0) is 9.15. The summed E-state index contributed by atoms with van der Waals surface area (Å²) < 4.78 is 8.22. The summed E-state index contributed by atoms with van der Waals surface area (Å²) in [5.74, 6) is -0.546. The first-order chi connectivity index (χ1) is 6.31. The Balaban J connectivity index is 2.35. The van der Waals surface area contributed by atoms with Crippen molar-refractivity contribution in [3.05, 3.63) is 60.2 Å². The molecule has 0 N–H and O–H groups in total. The fraction of sp³-hybridized carbons (Fsp3) is 0.167. The van der Waals surface area contributed by atoms with Crippen molar-refractivity contribution in [1.29, 1.82) is 0 Å². The van der Waals surface area contributed by atoms with Gasteiger partial charge < -0.3 is 0 Å². The van der Waals surface area contributed by atoms with Gasteiger partial charge in [-0.15, -0.1) is 0 Å². The number of hydrogen-bond acceptors (Lipinski definition) is 0. The minimum Gasteiger partial charge on any atom is -0.0836 e. The van der Waals surface area contributed by atoms with Gasteiger partial charge in [-0.3, -0.25) is 0 Å². The molecule has 12 heavy (non-hydrogen) atoms. The van der Waals surface area contributed by atoms with Gasteiger partial charge in [0.2, 0.25) is 0 Å². The second-order valence-corrected chi connectivity index (χ2v) is 2.88. The van der Waals surface area contributed by atoms with Crippen LogP contribution in [0, 0.1) is 0 Å². The normalized spacial score (nSPS) is 28.5. The predicted octanol–water partition coefficient (Wildman–Crippen LogP) is 3.29. The van der Waals surface area contributed by atoms with Crippen molar-refractivity contribution in [3.8, 4) is 0 Å². The van der Waals surface area contributed by atoms with Crippen LogP contribution in [-0.4, -0.2) is 0 Å². The van der Waals surface area contributed by atoms with E-state index in [0.29, 0.717) is 0 Å². The molecule has 0 aliphatic heterocycles. The van der Waals surface area contributed by atoms with Gasteiger partial charge in [0.15, 0.2) is 0 Å². The van der Waals surface area contributed by atoms with Gasteiger partial charge in [-0.05, 0) is 12.0 Å². The third-order valence-electron chi connectivity index (χ3n) is 2.03. The van der Waals surface area contributed by atoms with E-state index in [1.54, 1.807) is 0 Å². The second-order valence-electron chi connectivity index (χ2n) is 2.88. The maximum Gasteiger partial charge on any atom is 0.0399 e. The van der Waals surface area contributed by atoms with Crippen molar-refractivity contribution >= 4 is 0 Å². The molecule has 0 heteroatoms. The lowest BCUT2D eigenvalue weighted by molar-refractivity contribution is 0.854. The van der Waals surface area contributed by atoms with Crippen LogP contribution >= 0.6 is 0 Å². The molecule has 0 radical (unpaired) electrons. The first-order valence-electron chi connectivity index (χ1n) is 4.71. The summed E-state index contributed by atoms with van der Waals surface area (Å²) >= 11 is 0. The van der Waals surface area contributed by atoms with Crippen LogP contribution < -0.4 is 0 Å². The molecular formula is C12H12. The molecule has 0 saturated carbocycles. The van der Waals surface area contributed by atoms with E-state index in [-0.39, 0.29) is 0 Å². The van der Waals surface area contributed by atoms with E-state index >= 15 is 0 Å². The topological polar surface area (TPSA) is 0 Å². The molecule has 1 aromatic rings. The van der Waals surface area contributed by atoms with Crippen LogP contribution in [0.3, 0.4) is 0 Å². The van der Waals surface area contributed by atoms with Crippen molar-refractivity contribution in [3.63, 3.8) is 0 Å². The molecule has 0 bridgehead atoms. The average Bonchev–Trinajstić information content (AvgIpc) is 2.20. The summed E-state index contributed by atoms with van der Waals surface area (Å²) in [6.07, 6.45) is 8.70. The molecule has 0 fully saturated rings. The summed E-state index contributed by atoms with van der Waals surface area (Å²) in [5.41, 5.74) is 1.07. The van der Waals surface area contributed by atoms with E-state index in [0.717, 1.165) is 12.0 Å². The van der Waals surface area contributed by atoms with E-state index in [2.05, 4.69) is 0 Å². The molecule has 0 spiro atoms. The fourth-order valence-electron chi connectivity index (χ4n) is 1.38. The first kappa shape index (κ1) is 6.24. The third kappa shape index (κ3) is 1.48. The Morgan fingerprint density at radius 3 is 2.67 bits per heavy atom. The number of allylic oxidation sites excluding steroid dienone is 4. The second kappa shape index (κ2) is 3.40. The maximum absolute atomic E-state index is 8.22. The Labute approximate surface area is 74.6 Å². The average molecular weight is 157 g/mol. The van der Waals surface area contributed by atoms with Crippen molar-refractivity contribution in [1.82, 2.24) is 0 Å². The van der Waals surface area contributed by atoms with Gasteiger partial charge in [0.05, 0.1) is 0 Å². The molecule has 1 atom stereocenters. The van der Waals surface area contributed by atoms with Crippen LogP contribution in [0.15, 0.2) is 54.6 Å². The number of benzene rings is 1. The molecule has 1 aliphatic rings. The summed E-state index contributed by atoms with van der Waals surface area (Å²) in [5, 5.41) is 0. The molecule has 1 aromatic carbocycles. The summed E-state index contributed by atoms with van der Waals surface area (Å²) in [6.45, 7) is 0. The molecule has 0 aromatic heterocycles. The van der Waals surface area contributed by atoms with Gasteiger partial charge in [-0.2, -0.15) is 0 Å². The Hall–Kier alpha value is -1.30. The fourth-order valence-corrected chi connectivity index (χ4v) is 1.38. The van der Waals surface area contributed by atoms with Gasteiger partial charge in [-0.25, -0.2) is 0 Å². The van der Waals surface area contributed by atoms with Gasteiger partial charge >= 0.3 is 0 Å².